The molecule has 1 unspecified atom stereocenters. The number of methoxy groups -OCH3 is 1. The SMILES string of the molecule is COC(=O)CCc1ccc(S(=O)(=O)N2CCCC(C(F)(F)F)C2)cc1. The number of aryl methyl sites for hydroxylation is 1. The maximum absolute atomic E-state index is 12.9. The van der Waals surface area contributed by atoms with E-state index in [9.17, 15) is 26.4 Å². The summed E-state index contributed by atoms with van der Waals surface area (Å²) in [4.78, 5) is 11.1. The Labute approximate surface area is 144 Å². The van der Waals surface area contributed by atoms with E-state index in [1.165, 1.54) is 19.2 Å². The molecule has 0 aromatic heterocycles. The Kier molecular flexibility index (Phi) is 6.10. The summed E-state index contributed by atoms with van der Waals surface area (Å²) in [5.74, 6) is -2.00. The molecule has 140 valence electrons. The van der Waals surface area contributed by atoms with Gasteiger partial charge in [0, 0.05) is 19.5 Å². The van der Waals surface area contributed by atoms with Crippen molar-refractivity contribution >= 4 is 16.0 Å². The molecule has 5 nitrogen and oxygen atoms in total. The summed E-state index contributed by atoms with van der Waals surface area (Å²) < 4.78 is 69.2. The molecule has 1 fully saturated rings. The average molecular weight is 379 g/mol. The molecule has 0 aliphatic carbocycles. The molecule has 1 atom stereocenters. The highest BCUT2D eigenvalue weighted by Gasteiger charge is 2.44. The molecule has 1 aromatic carbocycles. The number of benzene rings is 1. The van der Waals surface area contributed by atoms with Gasteiger partial charge in [-0.3, -0.25) is 4.79 Å². The molecule has 2 rings (SSSR count). The molecule has 0 radical (unpaired) electrons. The first kappa shape index (κ1) is 19.7. The highest BCUT2D eigenvalue weighted by atomic mass is 32.2. The van der Waals surface area contributed by atoms with Gasteiger partial charge in [0.2, 0.25) is 10.0 Å². The molecular formula is C16H20F3NO4S. The van der Waals surface area contributed by atoms with Gasteiger partial charge in [0.25, 0.3) is 0 Å². The fraction of sp³-hybridized carbons (Fsp3) is 0.562. The van der Waals surface area contributed by atoms with Crippen molar-refractivity contribution < 1.29 is 31.1 Å². The maximum atomic E-state index is 12.9. The van der Waals surface area contributed by atoms with Crippen LogP contribution in [0.15, 0.2) is 29.2 Å². The monoisotopic (exact) mass is 379 g/mol. The second-order valence-electron chi connectivity index (χ2n) is 5.96. The van der Waals surface area contributed by atoms with E-state index in [1.807, 2.05) is 0 Å². The molecule has 0 bridgehead atoms. The van der Waals surface area contributed by atoms with Gasteiger partial charge in [-0.25, -0.2) is 8.42 Å². The van der Waals surface area contributed by atoms with Crippen LogP contribution in [0, 0.1) is 5.92 Å². The summed E-state index contributed by atoms with van der Waals surface area (Å²) in [6.07, 6.45) is -3.70. The van der Waals surface area contributed by atoms with E-state index in [-0.39, 0.29) is 36.7 Å². The molecule has 9 heteroatoms. The van der Waals surface area contributed by atoms with Crippen molar-refractivity contribution in [3.05, 3.63) is 29.8 Å². The minimum Gasteiger partial charge on any atom is -0.469 e. The number of sulfonamides is 1. The lowest BCUT2D eigenvalue weighted by molar-refractivity contribution is -0.182. The van der Waals surface area contributed by atoms with Gasteiger partial charge in [-0.1, -0.05) is 12.1 Å². The first-order chi connectivity index (χ1) is 11.6. The second-order valence-corrected chi connectivity index (χ2v) is 7.90. The van der Waals surface area contributed by atoms with Crippen molar-refractivity contribution in [2.45, 2.75) is 36.8 Å². The average Bonchev–Trinajstić information content (AvgIpc) is 2.59. The Morgan fingerprint density at radius 3 is 2.48 bits per heavy atom. The number of nitrogens with zero attached hydrogens (tertiary/aromatic N) is 1. The summed E-state index contributed by atoms with van der Waals surface area (Å²) in [6.45, 7) is -0.463. The number of alkyl halides is 3. The summed E-state index contributed by atoms with van der Waals surface area (Å²) in [5.41, 5.74) is 0.746. The number of halogens is 3. The first-order valence-electron chi connectivity index (χ1n) is 7.87. The number of hydrogen-bond donors (Lipinski definition) is 0. The largest absolute Gasteiger partial charge is 0.469 e. The fourth-order valence-corrected chi connectivity index (χ4v) is 4.28. The van der Waals surface area contributed by atoms with Gasteiger partial charge < -0.3 is 4.74 Å². The van der Waals surface area contributed by atoms with Gasteiger partial charge in [0.05, 0.1) is 17.9 Å². The molecule has 0 spiro atoms. The van der Waals surface area contributed by atoms with Crippen LogP contribution in [0.5, 0.6) is 0 Å². The third kappa shape index (κ3) is 4.94. The topological polar surface area (TPSA) is 63.7 Å². The maximum Gasteiger partial charge on any atom is 0.393 e. The van der Waals surface area contributed by atoms with Gasteiger partial charge in [-0.05, 0) is 37.0 Å². The molecule has 1 heterocycles. The lowest BCUT2D eigenvalue weighted by Gasteiger charge is -2.32. The van der Waals surface area contributed by atoms with Gasteiger partial charge in [-0.2, -0.15) is 17.5 Å². The van der Waals surface area contributed by atoms with Crippen molar-refractivity contribution in [2.75, 3.05) is 20.2 Å². The molecule has 1 aliphatic rings. The predicted octanol–water partition coefficient (Wildman–Crippen LogP) is 2.76. The van der Waals surface area contributed by atoms with E-state index >= 15 is 0 Å². The second kappa shape index (κ2) is 7.74. The number of ether oxygens (including phenoxy) is 1. The lowest BCUT2D eigenvalue weighted by Crippen LogP contribution is -2.44. The Bertz CT molecular complexity index is 701. The van der Waals surface area contributed by atoms with E-state index in [0.717, 1.165) is 9.87 Å². The quantitative estimate of drug-likeness (QED) is 0.738. The standard InChI is InChI=1S/C16H20F3NO4S/c1-24-15(21)9-6-12-4-7-14(8-5-12)25(22,23)20-10-2-3-13(11-20)16(17,18)19/h4-5,7-8,13H,2-3,6,9-11H2,1H3. The summed E-state index contributed by atoms with van der Waals surface area (Å²) in [6, 6.07) is 5.83. The zero-order chi connectivity index (χ0) is 18.7. The summed E-state index contributed by atoms with van der Waals surface area (Å²) >= 11 is 0. The summed E-state index contributed by atoms with van der Waals surface area (Å²) in [5, 5.41) is 0. The molecule has 0 saturated carbocycles. The minimum absolute atomic E-state index is 0.0443. The molecule has 1 saturated heterocycles. The van der Waals surface area contributed by atoms with Crippen LogP contribution in [0.1, 0.15) is 24.8 Å². The Morgan fingerprint density at radius 2 is 1.92 bits per heavy atom. The van der Waals surface area contributed by atoms with Crippen LogP contribution in [0.25, 0.3) is 0 Å². The van der Waals surface area contributed by atoms with E-state index in [4.69, 9.17) is 0 Å². The third-order valence-corrected chi connectivity index (χ3v) is 6.13. The highest BCUT2D eigenvalue weighted by molar-refractivity contribution is 7.89. The first-order valence-corrected chi connectivity index (χ1v) is 9.31. The molecule has 0 amide bonds. The van der Waals surface area contributed by atoms with Crippen molar-refractivity contribution in [3.8, 4) is 0 Å². The smallest absolute Gasteiger partial charge is 0.393 e. The minimum atomic E-state index is -4.40. The Morgan fingerprint density at radius 1 is 1.28 bits per heavy atom. The fourth-order valence-electron chi connectivity index (χ4n) is 2.75. The summed E-state index contributed by atoms with van der Waals surface area (Å²) in [7, 11) is -2.68. The van der Waals surface area contributed by atoms with Crippen LogP contribution in [-0.4, -0.2) is 45.1 Å². The van der Waals surface area contributed by atoms with Crippen LogP contribution in [0.2, 0.25) is 0 Å². The Balaban J connectivity index is 2.10. The van der Waals surface area contributed by atoms with Gasteiger partial charge in [0.15, 0.2) is 0 Å². The van der Waals surface area contributed by atoms with Crippen molar-refractivity contribution in [2.24, 2.45) is 5.92 Å². The third-order valence-electron chi connectivity index (χ3n) is 4.25. The molecule has 25 heavy (non-hydrogen) atoms. The van der Waals surface area contributed by atoms with Crippen LogP contribution in [0.3, 0.4) is 0 Å². The van der Waals surface area contributed by atoms with E-state index in [0.29, 0.717) is 6.42 Å². The number of piperidine rings is 1. The van der Waals surface area contributed by atoms with E-state index in [1.54, 1.807) is 12.1 Å². The van der Waals surface area contributed by atoms with Crippen molar-refractivity contribution in [1.82, 2.24) is 4.31 Å². The number of carbonyl (C=O) groups is 1. The molecule has 0 N–H and O–H groups in total. The van der Waals surface area contributed by atoms with Gasteiger partial charge in [0.1, 0.15) is 0 Å². The number of carbonyl (C=O) groups excluding carboxylic acids is 1. The predicted molar refractivity (Wildman–Crippen MR) is 84.3 cm³/mol. The molecular weight excluding hydrogens is 359 g/mol. The Hall–Kier alpha value is -1.61. The zero-order valence-corrected chi connectivity index (χ0v) is 14.6. The van der Waals surface area contributed by atoms with Crippen molar-refractivity contribution in [1.29, 1.82) is 0 Å². The zero-order valence-electron chi connectivity index (χ0n) is 13.8. The number of esters is 1. The van der Waals surface area contributed by atoms with E-state index in [2.05, 4.69) is 4.74 Å². The number of hydrogen-bond acceptors (Lipinski definition) is 4. The van der Waals surface area contributed by atoms with Gasteiger partial charge in [-0.15, -0.1) is 0 Å². The molecule has 1 aromatic rings. The van der Waals surface area contributed by atoms with Crippen molar-refractivity contribution in [3.63, 3.8) is 0 Å². The number of rotatable bonds is 5. The van der Waals surface area contributed by atoms with Crippen LogP contribution in [0.4, 0.5) is 13.2 Å². The normalized spacial score (nSPS) is 19.6. The lowest BCUT2D eigenvalue weighted by atomic mass is 9.99. The van der Waals surface area contributed by atoms with Gasteiger partial charge >= 0.3 is 12.1 Å². The van der Waals surface area contributed by atoms with Crippen LogP contribution in [-0.2, 0) is 26.0 Å². The van der Waals surface area contributed by atoms with Crippen LogP contribution < -0.4 is 0 Å². The van der Waals surface area contributed by atoms with Crippen LogP contribution >= 0.6 is 0 Å². The molecule has 1 aliphatic heterocycles. The highest BCUT2D eigenvalue weighted by Crippen LogP contribution is 2.35. The van der Waals surface area contributed by atoms with E-state index < -0.39 is 28.7 Å².